The minimum absolute atomic E-state index is 0.0261. The number of carbonyl (C=O) groups is 6. The lowest BCUT2D eigenvalue weighted by Crippen LogP contribution is -2.58. The van der Waals surface area contributed by atoms with Crippen LogP contribution in [0, 0.1) is 35.5 Å². The molecule has 0 radical (unpaired) electrons. The van der Waals surface area contributed by atoms with Crippen molar-refractivity contribution in [3.05, 3.63) is 70.8 Å². The Bertz CT molecular complexity index is 2280. The van der Waals surface area contributed by atoms with Crippen LogP contribution in [0.2, 0.25) is 0 Å². The number of hydrogen-bond acceptors (Lipinski definition) is 10. The molecular weight excluding hydrogens is 937 g/mol. The zero-order valence-electron chi connectivity index (χ0n) is 43.8. The highest BCUT2D eigenvalue weighted by molar-refractivity contribution is 5.95. The van der Waals surface area contributed by atoms with Gasteiger partial charge in [-0.25, -0.2) is 0 Å². The van der Waals surface area contributed by atoms with Crippen molar-refractivity contribution in [3.63, 3.8) is 0 Å². The molecule has 6 N–H and O–H groups in total. The van der Waals surface area contributed by atoms with Crippen LogP contribution in [0.5, 0.6) is 0 Å². The third kappa shape index (κ3) is 13.0. The van der Waals surface area contributed by atoms with E-state index in [-0.39, 0.29) is 72.7 Å². The van der Waals surface area contributed by atoms with Crippen LogP contribution in [0.15, 0.2) is 48.5 Å². The van der Waals surface area contributed by atoms with Crippen molar-refractivity contribution in [1.29, 1.82) is 0 Å². The first-order valence-corrected chi connectivity index (χ1v) is 27.5. The zero-order valence-corrected chi connectivity index (χ0v) is 43.8. The van der Waals surface area contributed by atoms with Crippen molar-refractivity contribution in [1.82, 2.24) is 41.7 Å². The van der Waals surface area contributed by atoms with E-state index in [2.05, 4.69) is 55.6 Å². The van der Waals surface area contributed by atoms with Gasteiger partial charge in [-0.05, 0) is 125 Å². The van der Waals surface area contributed by atoms with Gasteiger partial charge in [-0.3, -0.25) is 28.8 Å². The molecule has 74 heavy (non-hydrogen) atoms. The molecule has 8 rings (SSSR count). The molecule has 4 aliphatic carbocycles. The van der Waals surface area contributed by atoms with Crippen LogP contribution < -0.4 is 31.9 Å². The first-order chi connectivity index (χ1) is 36.0. The van der Waals surface area contributed by atoms with E-state index >= 15 is 0 Å². The van der Waals surface area contributed by atoms with Gasteiger partial charge in [-0.1, -0.05) is 98.9 Å². The van der Waals surface area contributed by atoms with Crippen LogP contribution in [-0.4, -0.2) is 134 Å². The molecule has 0 unspecified atom stereocenters. The van der Waals surface area contributed by atoms with Crippen LogP contribution in [0.4, 0.5) is 0 Å². The molecule has 6 amide bonds. The van der Waals surface area contributed by atoms with E-state index < -0.39 is 48.3 Å². The Morgan fingerprint density at radius 1 is 0.554 bits per heavy atom. The van der Waals surface area contributed by atoms with Gasteiger partial charge in [0.25, 0.3) is 0 Å². The Morgan fingerprint density at radius 3 is 1.34 bits per heavy atom. The number of carbonyl (C=O) groups excluding carboxylic acids is 6. The van der Waals surface area contributed by atoms with E-state index in [9.17, 15) is 28.8 Å². The number of nitrogens with zero attached hydrogens (tertiary/aromatic N) is 2. The van der Waals surface area contributed by atoms with Gasteiger partial charge in [0, 0.05) is 25.9 Å². The summed E-state index contributed by atoms with van der Waals surface area (Å²) in [6.07, 6.45) is 12.6. The SMILES string of the molecule is CN[C@@H](C)C(=O)N[C@@H](C(=O)N1CCC[C@H]1C(=O)N[C@@H]1c2ccccc2C[C@@H]1OCC#CC#CCO[C@H]1Cc2ccccc2[C@H]1NC(=O)[C@@H]1CCCN1C(=O)[C@H](NC(=O)[C@H](C)NC)C1CCCCC1)C1CCCCC1. The number of ether oxygens (including phenoxy) is 2. The van der Waals surface area contributed by atoms with Crippen LogP contribution in [-0.2, 0) is 51.1 Å². The van der Waals surface area contributed by atoms with Gasteiger partial charge in [0.05, 0.1) is 36.4 Å². The van der Waals surface area contributed by atoms with Gasteiger partial charge in [-0.2, -0.15) is 0 Å². The van der Waals surface area contributed by atoms with Crippen LogP contribution >= 0.6 is 0 Å². The number of likely N-dealkylation sites (N-methyl/N-ethyl adjacent to an activating group) is 2. The fraction of sp³-hybridized carbons (Fsp3) is 0.621. The fourth-order valence-electron chi connectivity index (χ4n) is 12.2. The van der Waals surface area contributed by atoms with Crippen molar-refractivity contribution in [3.8, 4) is 23.7 Å². The second-order valence-corrected chi connectivity index (χ2v) is 21.2. The van der Waals surface area contributed by atoms with Crippen molar-refractivity contribution >= 4 is 35.4 Å². The number of amides is 6. The zero-order chi connectivity index (χ0) is 52.1. The fourth-order valence-corrected chi connectivity index (χ4v) is 12.2. The predicted octanol–water partition coefficient (Wildman–Crippen LogP) is 3.92. The average Bonchev–Trinajstić information content (AvgIpc) is 4.26. The summed E-state index contributed by atoms with van der Waals surface area (Å²) in [6, 6.07) is 11.5. The van der Waals surface area contributed by atoms with Crippen LogP contribution in [0.1, 0.15) is 138 Å². The summed E-state index contributed by atoms with van der Waals surface area (Å²) in [5.74, 6) is 10.6. The molecule has 0 spiro atoms. The Kier molecular flexibility index (Phi) is 19.2. The van der Waals surface area contributed by atoms with Gasteiger partial charge in [-0.15, -0.1) is 0 Å². The Labute approximate surface area is 437 Å². The maximum atomic E-state index is 14.3. The van der Waals surface area contributed by atoms with E-state index in [0.29, 0.717) is 51.6 Å². The normalized spacial score (nSPS) is 25.2. The molecule has 10 atom stereocenters. The van der Waals surface area contributed by atoms with E-state index in [4.69, 9.17) is 9.47 Å². The van der Waals surface area contributed by atoms with E-state index in [1.807, 2.05) is 48.5 Å². The quantitative estimate of drug-likeness (QED) is 0.119. The maximum absolute atomic E-state index is 14.3. The second-order valence-electron chi connectivity index (χ2n) is 21.2. The summed E-state index contributed by atoms with van der Waals surface area (Å²) in [4.78, 5) is 86.6. The smallest absolute Gasteiger partial charge is 0.246 e. The van der Waals surface area contributed by atoms with Crippen molar-refractivity contribution in [2.24, 2.45) is 11.8 Å². The second kappa shape index (κ2) is 26.1. The average molecular weight is 1020 g/mol. The van der Waals surface area contributed by atoms with Gasteiger partial charge >= 0.3 is 0 Å². The molecule has 2 heterocycles. The standard InChI is InChI=1S/C58H78N8O8/c1-37(59-3)53(67)61-49(39-21-9-7-10-22-39)57(71)65-31-19-29-45(65)55(69)63-51-43-27-15-13-25-41(43)35-47(51)73-33-17-5-6-18-34-74-48-36-42-26-14-16-28-44(42)52(48)64-56(70)46-30-20-32-66(46)58(72)50(40-23-11-8-12-24-40)62-54(68)38(2)60-4/h13-16,25-28,37-40,45-52,59-60H,7-12,19-24,29-36H2,1-4H3,(H,61,67)(H,62,68)(H,63,69)(H,64,70)/t37-,38-,45-,46-,47-,48-,49+,50+,51+,52+/m0/s1. The minimum Gasteiger partial charge on any atom is -0.363 e. The predicted molar refractivity (Wildman–Crippen MR) is 281 cm³/mol. The number of fused-ring (bicyclic) bond motifs is 2. The summed E-state index contributed by atoms with van der Waals surface area (Å²) < 4.78 is 12.7. The summed E-state index contributed by atoms with van der Waals surface area (Å²) >= 11 is 0. The lowest BCUT2D eigenvalue weighted by molar-refractivity contribution is -0.143. The third-order valence-corrected chi connectivity index (χ3v) is 16.6. The number of hydrogen-bond donors (Lipinski definition) is 6. The molecule has 2 aromatic rings. The highest BCUT2D eigenvalue weighted by Gasteiger charge is 2.45. The van der Waals surface area contributed by atoms with Gasteiger partial charge in [0.2, 0.25) is 35.4 Å². The Morgan fingerprint density at radius 2 is 0.946 bits per heavy atom. The van der Waals surface area contributed by atoms with Crippen molar-refractivity contribution < 1.29 is 38.2 Å². The summed E-state index contributed by atoms with van der Waals surface area (Å²) in [6.45, 7) is 4.62. The molecule has 0 aromatic heterocycles. The highest BCUT2D eigenvalue weighted by Crippen LogP contribution is 2.37. The molecule has 16 heteroatoms. The maximum Gasteiger partial charge on any atom is 0.246 e. The molecule has 4 fully saturated rings. The number of rotatable bonds is 18. The first kappa shape index (κ1) is 54.5. The Hall–Kier alpha value is -5.78. The third-order valence-electron chi connectivity index (χ3n) is 16.6. The molecule has 2 aliphatic heterocycles. The Balaban J connectivity index is 0.858. The largest absolute Gasteiger partial charge is 0.363 e. The number of likely N-dealkylation sites (tertiary alicyclic amines) is 2. The van der Waals surface area contributed by atoms with E-state index in [0.717, 1.165) is 86.5 Å². The van der Waals surface area contributed by atoms with Crippen molar-refractivity contribution in [2.75, 3.05) is 40.4 Å². The molecule has 2 saturated carbocycles. The molecule has 2 saturated heterocycles. The summed E-state index contributed by atoms with van der Waals surface area (Å²) in [5.41, 5.74) is 4.10. The van der Waals surface area contributed by atoms with Gasteiger partial charge < -0.3 is 51.2 Å². The topological polar surface area (TPSA) is 200 Å². The molecule has 398 valence electrons. The van der Waals surface area contributed by atoms with E-state index in [1.54, 1.807) is 37.7 Å². The molecule has 16 nitrogen and oxygen atoms in total. The minimum atomic E-state index is -0.679. The number of benzene rings is 2. The lowest BCUT2D eigenvalue weighted by Gasteiger charge is -2.35. The molecule has 0 bridgehead atoms. The molecular formula is C58H78N8O8. The van der Waals surface area contributed by atoms with E-state index in [1.165, 1.54) is 0 Å². The summed E-state index contributed by atoms with van der Waals surface area (Å²) in [5, 5.41) is 18.6. The highest BCUT2D eigenvalue weighted by atomic mass is 16.5. The van der Waals surface area contributed by atoms with Crippen LogP contribution in [0.25, 0.3) is 0 Å². The first-order valence-electron chi connectivity index (χ1n) is 27.5. The summed E-state index contributed by atoms with van der Waals surface area (Å²) in [7, 11) is 3.44. The van der Waals surface area contributed by atoms with Crippen molar-refractivity contribution in [2.45, 2.75) is 177 Å². The van der Waals surface area contributed by atoms with Gasteiger partial charge in [0.15, 0.2) is 0 Å². The lowest BCUT2D eigenvalue weighted by atomic mass is 9.83. The number of nitrogens with one attached hydrogen (secondary N) is 6. The molecule has 6 aliphatic rings. The van der Waals surface area contributed by atoms with Crippen LogP contribution in [0.3, 0.4) is 0 Å². The monoisotopic (exact) mass is 1010 g/mol. The van der Waals surface area contributed by atoms with Gasteiger partial charge in [0.1, 0.15) is 37.4 Å². The molecule has 2 aromatic carbocycles.